The summed E-state index contributed by atoms with van der Waals surface area (Å²) >= 11 is 1.60. The standard InChI is InChI=1S/C15H14N2O4S/c1-21-14-8-3-10(9-13(14)17(19)20)15(18)16-11-4-6-12(22-2)7-5-11/h3-9H,1-2H3,(H,16,18). The Balaban J connectivity index is 2.21. The van der Waals surface area contributed by atoms with Gasteiger partial charge in [0, 0.05) is 22.2 Å². The van der Waals surface area contributed by atoms with E-state index < -0.39 is 10.8 Å². The second-order valence-electron chi connectivity index (χ2n) is 4.33. The summed E-state index contributed by atoms with van der Waals surface area (Å²) in [5.41, 5.74) is 0.579. The van der Waals surface area contributed by atoms with Gasteiger partial charge in [-0.25, -0.2) is 0 Å². The fraction of sp³-hybridized carbons (Fsp3) is 0.133. The van der Waals surface area contributed by atoms with Crippen LogP contribution < -0.4 is 10.1 Å². The number of ether oxygens (including phenoxy) is 1. The van der Waals surface area contributed by atoms with Crippen LogP contribution in [0.4, 0.5) is 11.4 Å². The van der Waals surface area contributed by atoms with Crippen LogP contribution in [0.2, 0.25) is 0 Å². The van der Waals surface area contributed by atoms with E-state index in [1.54, 1.807) is 23.9 Å². The first kappa shape index (κ1) is 15.8. The van der Waals surface area contributed by atoms with E-state index in [-0.39, 0.29) is 17.0 Å². The maximum atomic E-state index is 12.2. The third-order valence-corrected chi connectivity index (χ3v) is 3.73. The van der Waals surface area contributed by atoms with Crippen LogP contribution in [-0.4, -0.2) is 24.2 Å². The Hall–Kier alpha value is -2.54. The van der Waals surface area contributed by atoms with Crippen molar-refractivity contribution in [2.24, 2.45) is 0 Å². The Bertz CT molecular complexity index is 701. The molecule has 0 spiro atoms. The van der Waals surface area contributed by atoms with E-state index in [1.807, 2.05) is 18.4 Å². The van der Waals surface area contributed by atoms with Crippen LogP contribution in [0.3, 0.4) is 0 Å². The number of thioether (sulfide) groups is 1. The zero-order valence-corrected chi connectivity index (χ0v) is 12.8. The van der Waals surface area contributed by atoms with Crippen molar-refractivity contribution >= 4 is 29.0 Å². The highest BCUT2D eigenvalue weighted by atomic mass is 32.2. The summed E-state index contributed by atoms with van der Waals surface area (Å²) in [5, 5.41) is 13.7. The molecule has 0 heterocycles. The van der Waals surface area contributed by atoms with Crippen LogP contribution in [0.1, 0.15) is 10.4 Å². The minimum Gasteiger partial charge on any atom is -0.490 e. The Kier molecular flexibility index (Phi) is 5.00. The molecule has 0 atom stereocenters. The Morgan fingerprint density at radius 3 is 2.45 bits per heavy atom. The van der Waals surface area contributed by atoms with Crippen molar-refractivity contribution in [3.8, 4) is 5.75 Å². The van der Waals surface area contributed by atoms with Gasteiger partial charge in [0.2, 0.25) is 0 Å². The normalized spacial score (nSPS) is 10.1. The third kappa shape index (κ3) is 3.56. The van der Waals surface area contributed by atoms with Gasteiger partial charge in [-0.15, -0.1) is 11.8 Å². The number of rotatable bonds is 5. The largest absolute Gasteiger partial charge is 0.490 e. The molecular weight excluding hydrogens is 304 g/mol. The SMILES string of the molecule is COc1ccc(C(=O)Nc2ccc(SC)cc2)cc1[N+](=O)[O-]. The number of nitro groups is 1. The molecule has 6 nitrogen and oxygen atoms in total. The molecule has 114 valence electrons. The van der Waals surface area contributed by atoms with E-state index in [0.717, 1.165) is 4.90 Å². The third-order valence-electron chi connectivity index (χ3n) is 2.99. The summed E-state index contributed by atoms with van der Waals surface area (Å²) in [5.74, 6) is -0.298. The van der Waals surface area contributed by atoms with Crippen molar-refractivity contribution in [1.29, 1.82) is 0 Å². The zero-order chi connectivity index (χ0) is 16.1. The van der Waals surface area contributed by atoms with Crippen molar-refractivity contribution in [2.75, 3.05) is 18.7 Å². The van der Waals surface area contributed by atoms with E-state index >= 15 is 0 Å². The summed E-state index contributed by atoms with van der Waals surface area (Å²) in [4.78, 5) is 23.6. The molecular formula is C15H14N2O4S. The number of nitro benzene ring substituents is 1. The molecule has 0 unspecified atom stereocenters. The van der Waals surface area contributed by atoms with Gasteiger partial charge in [0.05, 0.1) is 12.0 Å². The smallest absolute Gasteiger partial charge is 0.311 e. The highest BCUT2D eigenvalue weighted by molar-refractivity contribution is 7.98. The van der Waals surface area contributed by atoms with Crippen LogP contribution >= 0.6 is 11.8 Å². The summed E-state index contributed by atoms with van der Waals surface area (Å²) in [6.07, 6.45) is 1.96. The van der Waals surface area contributed by atoms with Gasteiger partial charge in [-0.2, -0.15) is 0 Å². The number of hydrogen-bond acceptors (Lipinski definition) is 5. The summed E-state index contributed by atoms with van der Waals surface area (Å²) in [7, 11) is 1.34. The fourth-order valence-electron chi connectivity index (χ4n) is 1.85. The van der Waals surface area contributed by atoms with Gasteiger partial charge in [0.15, 0.2) is 5.75 Å². The van der Waals surface area contributed by atoms with Gasteiger partial charge in [-0.05, 0) is 42.7 Å². The van der Waals surface area contributed by atoms with E-state index in [9.17, 15) is 14.9 Å². The highest BCUT2D eigenvalue weighted by Gasteiger charge is 2.18. The van der Waals surface area contributed by atoms with E-state index in [1.165, 1.54) is 25.3 Å². The number of methoxy groups -OCH3 is 1. The minimum atomic E-state index is -0.580. The number of amides is 1. The first-order valence-electron chi connectivity index (χ1n) is 6.33. The van der Waals surface area contributed by atoms with Gasteiger partial charge in [0.25, 0.3) is 5.91 Å². The van der Waals surface area contributed by atoms with Crippen LogP contribution in [0, 0.1) is 10.1 Å². The lowest BCUT2D eigenvalue weighted by Crippen LogP contribution is -2.12. The predicted molar refractivity (Wildman–Crippen MR) is 85.8 cm³/mol. The first-order valence-corrected chi connectivity index (χ1v) is 7.55. The molecule has 1 amide bonds. The molecule has 7 heteroatoms. The lowest BCUT2D eigenvalue weighted by atomic mass is 10.1. The molecule has 0 aromatic heterocycles. The van der Waals surface area contributed by atoms with Crippen LogP contribution in [0.5, 0.6) is 5.75 Å². The molecule has 0 saturated heterocycles. The van der Waals surface area contributed by atoms with E-state index in [4.69, 9.17) is 4.74 Å². The fourth-order valence-corrected chi connectivity index (χ4v) is 2.26. The molecule has 0 bridgehead atoms. The molecule has 2 aromatic carbocycles. The number of carbonyl (C=O) groups is 1. The highest BCUT2D eigenvalue weighted by Crippen LogP contribution is 2.28. The molecule has 2 rings (SSSR count). The molecule has 0 radical (unpaired) electrons. The summed E-state index contributed by atoms with van der Waals surface area (Å²) in [6, 6.07) is 11.4. The van der Waals surface area contributed by atoms with E-state index in [0.29, 0.717) is 5.69 Å². The number of hydrogen-bond donors (Lipinski definition) is 1. The van der Waals surface area contributed by atoms with Crippen LogP contribution in [0.25, 0.3) is 0 Å². The second-order valence-corrected chi connectivity index (χ2v) is 5.21. The summed E-state index contributed by atoms with van der Waals surface area (Å²) < 4.78 is 4.91. The molecule has 0 aliphatic carbocycles. The molecule has 1 N–H and O–H groups in total. The van der Waals surface area contributed by atoms with Crippen molar-refractivity contribution in [1.82, 2.24) is 0 Å². The molecule has 0 fully saturated rings. The molecule has 2 aromatic rings. The van der Waals surface area contributed by atoms with Gasteiger partial charge in [-0.3, -0.25) is 14.9 Å². The zero-order valence-electron chi connectivity index (χ0n) is 12.0. The van der Waals surface area contributed by atoms with Gasteiger partial charge < -0.3 is 10.1 Å². The number of nitrogens with one attached hydrogen (secondary N) is 1. The Morgan fingerprint density at radius 2 is 1.91 bits per heavy atom. The average molecular weight is 318 g/mol. The van der Waals surface area contributed by atoms with Gasteiger partial charge >= 0.3 is 5.69 Å². The molecule has 0 aliphatic heterocycles. The maximum absolute atomic E-state index is 12.2. The lowest BCUT2D eigenvalue weighted by Gasteiger charge is -2.07. The van der Waals surface area contributed by atoms with Gasteiger partial charge in [0.1, 0.15) is 0 Å². The van der Waals surface area contributed by atoms with Crippen LogP contribution in [0.15, 0.2) is 47.4 Å². The van der Waals surface area contributed by atoms with Crippen LogP contribution in [-0.2, 0) is 0 Å². The monoisotopic (exact) mass is 318 g/mol. The average Bonchev–Trinajstić information content (AvgIpc) is 2.54. The topological polar surface area (TPSA) is 81.5 Å². The van der Waals surface area contributed by atoms with E-state index in [2.05, 4.69) is 5.32 Å². The summed E-state index contributed by atoms with van der Waals surface area (Å²) in [6.45, 7) is 0. The number of nitrogens with zero attached hydrogens (tertiary/aromatic N) is 1. The molecule has 22 heavy (non-hydrogen) atoms. The minimum absolute atomic E-state index is 0.117. The number of carbonyl (C=O) groups excluding carboxylic acids is 1. The quantitative estimate of drug-likeness (QED) is 0.518. The van der Waals surface area contributed by atoms with Crippen molar-refractivity contribution in [2.45, 2.75) is 4.90 Å². The van der Waals surface area contributed by atoms with Crippen molar-refractivity contribution in [3.05, 3.63) is 58.1 Å². The van der Waals surface area contributed by atoms with Gasteiger partial charge in [-0.1, -0.05) is 0 Å². The number of benzene rings is 2. The predicted octanol–water partition coefficient (Wildman–Crippen LogP) is 3.58. The lowest BCUT2D eigenvalue weighted by molar-refractivity contribution is -0.385. The number of anilines is 1. The molecule has 0 saturated carbocycles. The Labute approximate surface area is 131 Å². The maximum Gasteiger partial charge on any atom is 0.311 e. The second kappa shape index (κ2) is 6.95. The Morgan fingerprint density at radius 1 is 1.23 bits per heavy atom. The van der Waals surface area contributed by atoms with Crippen molar-refractivity contribution < 1.29 is 14.5 Å². The first-order chi connectivity index (χ1) is 10.5. The van der Waals surface area contributed by atoms with Crippen molar-refractivity contribution in [3.63, 3.8) is 0 Å². The molecule has 0 aliphatic rings.